The largest absolute Gasteiger partial charge is 0.246 e. The average molecular weight is 153 g/mol. The molecule has 2 rings (SSSR count). The van der Waals surface area contributed by atoms with Gasteiger partial charge in [0, 0.05) is 16.7 Å². The molecule has 0 aromatic carbocycles. The summed E-state index contributed by atoms with van der Waals surface area (Å²) in [7, 11) is 0. The second-order valence-corrected chi connectivity index (χ2v) is 4.29. The Kier molecular flexibility index (Phi) is 1.15. The van der Waals surface area contributed by atoms with E-state index in [0.29, 0.717) is 5.92 Å². The van der Waals surface area contributed by atoms with Crippen LogP contribution in [-0.2, 0) is 0 Å². The van der Waals surface area contributed by atoms with Crippen LogP contribution in [0.2, 0.25) is 0 Å². The highest BCUT2D eigenvalue weighted by Crippen LogP contribution is 2.48. The molecular weight excluding hydrogens is 142 g/mol. The van der Waals surface area contributed by atoms with Crippen molar-refractivity contribution in [2.24, 2.45) is 0 Å². The van der Waals surface area contributed by atoms with Gasteiger partial charge in [-0.2, -0.15) is 0 Å². The first-order valence-corrected chi connectivity index (χ1v) is 4.49. The lowest BCUT2D eigenvalue weighted by atomic mass is 9.79. The molecule has 0 amide bonds. The van der Waals surface area contributed by atoms with Gasteiger partial charge < -0.3 is 0 Å². The molecule has 10 heavy (non-hydrogen) atoms. The van der Waals surface area contributed by atoms with Crippen LogP contribution >= 0.6 is 11.3 Å². The normalized spacial score (nSPS) is 29.5. The van der Waals surface area contributed by atoms with E-state index < -0.39 is 0 Å². The highest BCUT2D eigenvalue weighted by Gasteiger charge is 2.34. The Morgan fingerprint density at radius 2 is 2.00 bits per heavy atom. The van der Waals surface area contributed by atoms with Crippen LogP contribution in [0.25, 0.3) is 0 Å². The summed E-state index contributed by atoms with van der Waals surface area (Å²) in [5.74, 6) is 1.47. The zero-order valence-electron chi connectivity index (χ0n) is 6.51. The minimum Gasteiger partial charge on any atom is -0.246 e. The summed E-state index contributed by atoms with van der Waals surface area (Å²) in [6, 6.07) is 0. The summed E-state index contributed by atoms with van der Waals surface area (Å²) >= 11 is 1.86. The van der Waals surface area contributed by atoms with Gasteiger partial charge in [0.15, 0.2) is 0 Å². The zero-order valence-corrected chi connectivity index (χ0v) is 7.33. The Labute approximate surface area is 65.1 Å². The predicted molar refractivity (Wildman–Crippen MR) is 43.7 cm³/mol. The number of nitrogens with zero attached hydrogens (tertiary/aromatic N) is 1. The minimum absolute atomic E-state index is 0.708. The van der Waals surface area contributed by atoms with E-state index in [0.717, 1.165) is 5.92 Å². The predicted octanol–water partition coefficient (Wildman–Crippen LogP) is 2.67. The topological polar surface area (TPSA) is 12.9 Å². The smallest absolute Gasteiger partial charge is 0.0900 e. The molecule has 0 unspecified atom stereocenters. The van der Waals surface area contributed by atoms with Gasteiger partial charge in [-0.05, 0) is 6.92 Å². The van der Waals surface area contributed by atoms with Crippen LogP contribution in [0, 0.1) is 6.92 Å². The summed E-state index contributed by atoms with van der Waals surface area (Å²) < 4.78 is 0. The van der Waals surface area contributed by atoms with Crippen LogP contribution in [0.5, 0.6) is 0 Å². The van der Waals surface area contributed by atoms with Crippen molar-refractivity contribution in [1.82, 2.24) is 4.98 Å². The Hall–Kier alpha value is -0.370. The van der Waals surface area contributed by atoms with Gasteiger partial charge in [0.25, 0.3) is 0 Å². The maximum atomic E-state index is 4.45. The fraction of sp³-hybridized carbons (Fsp3) is 0.625. The first-order valence-electron chi connectivity index (χ1n) is 3.67. The lowest BCUT2D eigenvalue weighted by molar-refractivity contribution is 0.539. The van der Waals surface area contributed by atoms with Crippen molar-refractivity contribution >= 4 is 11.3 Å². The molecule has 54 valence electrons. The second kappa shape index (κ2) is 1.82. The van der Waals surface area contributed by atoms with Gasteiger partial charge in [0.2, 0.25) is 0 Å². The number of fused-ring (bicyclic) bond motifs is 1. The van der Waals surface area contributed by atoms with E-state index in [2.05, 4.69) is 25.8 Å². The molecule has 0 radical (unpaired) electrons. The van der Waals surface area contributed by atoms with Crippen LogP contribution in [0.15, 0.2) is 0 Å². The van der Waals surface area contributed by atoms with Gasteiger partial charge in [-0.15, -0.1) is 11.3 Å². The number of thiazole rings is 1. The Balaban J connectivity index is 2.49. The zero-order chi connectivity index (χ0) is 7.30. The van der Waals surface area contributed by atoms with E-state index in [4.69, 9.17) is 0 Å². The summed E-state index contributed by atoms with van der Waals surface area (Å²) in [6.07, 6.45) is 0. The molecule has 1 nitrogen and oxygen atoms in total. The molecule has 1 aliphatic rings. The van der Waals surface area contributed by atoms with Crippen LogP contribution < -0.4 is 0 Å². The molecule has 0 N–H and O–H groups in total. The molecule has 0 saturated carbocycles. The third kappa shape index (κ3) is 0.601. The van der Waals surface area contributed by atoms with Gasteiger partial charge in [0.05, 0.1) is 10.7 Å². The minimum atomic E-state index is 0.708. The number of hydrogen-bond donors (Lipinski definition) is 0. The van der Waals surface area contributed by atoms with E-state index in [9.17, 15) is 0 Å². The van der Waals surface area contributed by atoms with E-state index in [1.165, 1.54) is 15.6 Å². The van der Waals surface area contributed by atoms with Gasteiger partial charge in [-0.25, -0.2) is 4.98 Å². The van der Waals surface area contributed by atoms with E-state index in [1.54, 1.807) is 0 Å². The molecule has 1 aliphatic carbocycles. The maximum absolute atomic E-state index is 4.45. The van der Waals surface area contributed by atoms with Crippen LogP contribution in [0.3, 0.4) is 0 Å². The SMILES string of the molecule is Cc1nc2c(s1)[C@@H](C)[C@H]2C. The fourth-order valence-electron chi connectivity index (χ4n) is 1.48. The highest BCUT2D eigenvalue weighted by atomic mass is 32.1. The van der Waals surface area contributed by atoms with E-state index >= 15 is 0 Å². The lowest BCUT2D eigenvalue weighted by Crippen LogP contribution is -2.16. The third-order valence-electron chi connectivity index (χ3n) is 2.38. The Bertz CT molecular complexity index is 239. The fourth-order valence-corrected chi connectivity index (χ4v) is 2.67. The van der Waals surface area contributed by atoms with Gasteiger partial charge in [0.1, 0.15) is 0 Å². The van der Waals surface area contributed by atoms with Gasteiger partial charge in [-0.3, -0.25) is 0 Å². The lowest BCUT2D eigenvalue weighted by Gasteiger charge is -2.28. The van der Waals surface area contributed by atoms with Crippen molar-refractivity contribution in [1.29, 1.82) is 0 Å². The first-order chi connectivity index (χ1) is 4.70. The second-order valence-electron chi connectivity index (χ2n) is 3.06. The van der Waals surface area contributed by atoms with E-state index in [1.807, 2.05) is 11.3 Å². The molecule has 2 atom stereocenters. The molecule has 0 bridgehead atoms. The quantitative estimate of drug-likeness (QED) is 0.558. The number of aromatic nitrogens is 1. The van der Waals surface area contributed by atoms with Crippen molar-refractivity contribution in [3.63, 3.8) is 0 Å². The Morgan fingerprint density at radius 3 is 2.60 bits per heavy atom. The van der Waals surface area contributed by atoms with Crippen LogP contribution in [0.1, 0.15) is 41.3 Å². The average Bonchev–Trinajstić information content (AvgIpc) is 2.27. The number of hydrogen-bond acceptors (Lipinski definition) is 2. The highest BCUT2D eigenvalue weighted by molar-refractivity contribution is 7.12. The van der Waals surface area contributed by atoms with Crippen LogP contribution in [0.4, 0.5) is 0 Å². The van der Waals surface area contributed by atoms with Gasteiger partial charge in [-0.1, -0.05) is 13.8 Å². The summed E-state index contributed by atoms with van der Waals surface area (Å²) in [5, 5.41) is 1.22. The first kappa shape index (κ1) is 6.35. The van der Waals surface area contributed by atoms with Crippen molar-refractivity contribution in [2.75, 3.05) is 0 Å². The Morgan fingerprint density at radius 1 is 1.30 bits per heavy atom. The molecule has 1 heterocycles. The maximum Gasteiger partial charge on any atom is 0.0900 e. The number of aryl methyl sites for hydroxylation is 1. The molecule has 1 aromatic rings. The molecule has 0 spiro atoms. The standard InChI is InChI=1S/C8H11NS/c1-4-5(2)8-7(4)9-6(3)10-8/h4-5H,1-3H3/t4-,5+/m1/s1. The van der Waals surface area contributed by atoms with Crippen molar-refractivity contribution < 1.29 is 0 Å². The molecule has 2 heteroatoms. The summed E-state index contributed by atoms with van der Waals surface area (Å²) in [5.41, 5.74) is 1.36. The molecular formula is C8H11NS. The molecule has 0 aliphatic heterocycles. The summed E-state index contributed by atoms with van der Waals surface area (Å²) in [4.78, 5) is 5.97. The number of rotatable bonds is 0. The molecule has 0 fully saturated rings. The molecule has 0 saturated heterocycles. The third-order valence-corrected chi connectivity index (χ3v) is 3.57. The van der Waals surface area contributed by atoms with E-state index in [-0.39, 0.29) is 0 Å². The monoisotopic (exact) mass is 153 g/mol. The molecule has 1 aromatic heterocycles. The van der Waals surface area contributed by atoms with Crippen LogP contribution in [-0.4, -0.2) is 4.98 Å². The summed E-state index contributed by atoms with van der Waals surface area (Å²) in [6.45, 7) is 6.62. The van der Waals surface area contributed by atoms with Crippen molar-refractivity contribution in [3.8, 4) is 0 Å². The van der Waals surface area contributed by atoms with Crippen molar-refractivity contribution in [2.45, 2.75) is 32.6 Å². The van der Waals surface area contributed by atoms with Crippen molar-refractivity contribution in [3.05, 3.63) is 15.6 Å². The van der Waals surface area contributed by atoms with Gasteiger partial charge >= 0.3 is 0 Å².